The molecule has 2 N–H and O–H groups in total. The van der Waals surface area contributed by atoms with Gasteiger partial charge >= 0.3 is 0 Å². The summed E-state index contributed by atoms with van der Waals surface area (Å²) in [5.41, 5.74) is 8.45. The molecule has 1 aromatic heterocycles. The van der Waals surface area contributed by atoms with Gasteiger partial charge in [-0.1, -0.05) is 34.6 Å². The summed E-state index contributed by atoms with van der Waals surface area (Å²) < 4.78 is 5.92. The number of ether oxygens (including phenoxy) is 1. The summed E-state index contributed by atoms with van der Waals surface area (Å²) in [7, 11) is 0. The lowest BCUT2D eigenvalue weighted by molar-refractivity contribution is 0.0996. The Kier molecular flexibility index (Phi) is 4.64. The van der Waals surface area contributed by atoms with Crippen molar-refractivity contribution in [3.8, 4) is 5.75 Å². The fourth-order valence-electron chi connectivity index (χ4n) is 2.51. The van der Waals surface area contributed by atoms with Gasteiger partial charge in [0.15, 0.2) is 0 Å². The molecule has 0 aliphatic rings. The zero-order valence-corrected chi connectivity index (χ0v) is 14.9. The van der Waals surface area contributed by atoms with Crippen LogP contribution in [0.15, 0.2) is 18.2 Å². The second-order valence-corrected chi connectivity index (χ2v) is 7.51. The number of nitrogens with zero attached hydrogens (tertiary/aromatic N) is 1. The highest BCUT2D eigenvalue weighted by Crippen LogP contribution is 2.34. The van der Waals surface area contributed by atoms with Gasteiger partial charge in [-0.25, -0.2) is 4.98 Å². The topological polar surface area (TPSA) is 65.2 Å². The number of carbonyl (C=O) groups excluding carboxylic acids is 1. The summed E-state index contributed by atoms with van der Waals surface area (Å²) in [4.78, 5) is 16.0. The van der Waals surface area contributed by atoms with Crippen LogP contribution in [0.5, 0.6) is 5.75 Å². The highest BCUT2D eigenvalue weighted by molar-refractivity contribution is 5.96. The molecule has 0 radical (unpaired) electrons. The standard InChI is InChI=1S/C19H26N2O2/c1-11(2)10-23-13-8-14-12(3)7-16(18(20)22)21-17(14)15(9-13)19(4,5)6/h7-9,11H,10H2,1-6H3,(H2,20,22). The number of rotatable bonds is 4. The van der Waals surface area contributed by atoms with Gasteiger partial charge in [-0.2, -0.15) is 0 Å². The molecule has 1 heterocycles. The van der Waals surface area contributed by atoms with E-state index < -0.39 is 5.91 Å². The van der Waals surface area contributed by atoms with Gasteiger partial charge in [0.05, 0.1) is 12.1 Å². The van der Waals surface area contributed by atoms with Crippen molar-refractivity contribution in [1.82, 2.24) is 4.98 Å². The highest BCUT2D eigenvalue weighted by Gasteiger charge is 2.21. The van der Waals surface area contributed by atoms with Crippen molar-refractivity contribution in [2.75, 3.05) is 6.61 Å². The van der Waals surface area contributed by atoms with E-state index in [9.17, 15) is 4.79 Å². The summed E-state index contributed by atoms with van der Waals surface area (Å²) >= 11 is 0. The molecule has 0 aliphatic heterocycles. The maximum absolute atomic E-state index is 11.5. The van der Waals surface area contributed by atoms with Crippen molar-refractivity contribution in [1.29, 1.82) is 0 Å². The van der Waals surface area contributed by atoms with Gasteiger partial charge in [-0.15, -0.1) is 0 Å². The van der Waals surface area contributed by atoms with Crippen LogP contribution in [0.4, 0.5) is 0 Å². The quantitative estimate of drug-likeness (QED) is 0.928. The van der Waals surface area contributed by atoms with Crippen molar-refractivity contribution in [2.24, 2.45) is 11.7 Å². The van der Waals surface area contributed by atoms with E-state index >= 15 is 0 Å². The molecule has 4 heteroatoms. The molecule has 2 aromatic rings. The van der Waals surface area contributed by atoms with Crippen LogP contribution in [-0.4, -0.2) is 17.5 Å². The average Bonchev–Trinajstić information content (AvgIpc) is 2.43. The van der Waals surface area contributed by atoms with Crippen LogP contribution in [0.1, 0.15) is 56.2 Å². The summed E-state index contributed by atoms with van der Waals surface area (Å²) in [5, 5.41) is 1.00. The third-order valence-electron chi connectivity index (χ3n) is 3.74. The van der Waals surface area contributed by atoms with Gasteiger partial charge in [0, 0.05) is 5.39 Å². The third-order valence-corrected chi connectivity index (χ3v) is 3.74. The molecule has 4 nitrogen and oxygen atoms in total. The molecular weight excluding hydrogens is 288 g/mol. The van der Waals surface area contributed by atoms with E-state index in [-0.39, 0.29) is 5.41 Å². The number of amides is 1. The van der Waals surface area contributed by atoms with Crippen molar-refractivity contribution in [3.63, 3.8) is 0 Å². The third kappa shape index (κ3) is 3.81. The maximum atomic E-state index is 11.5. The zero-order valence-electron chi connectivity index (χ0n) is 14.9. The highest BCUT2D eigenvalue weighted by atomic mass is 16.5. The minimum absolute atomic E-state index is 0.120. The van der Waals surface area contributed by atoms with E-state index in [1.54, 1.807) is 6.07 Å². The summed E-state index contributed by atoms with van der Waals surface area (Å²) in [6.07, 6.45) is 0. The predicted molar refractivity (Wildman–Crippen MR) is 94.0 cm³/mol. The van der Waals surface area contributed by atoms with Crippen LogP contribution in [-0.2, 0) is 5.41 Å². The number of carbonyl (C=O) groups is 1. The second-order valence-electron chi connectivity index (χ2n) is 7.51. The minimum atomic E-state index is -0.505. The van der Waals surface area contributed by atoms with Gasteiger partial charge in [-0.05, 0) is 47.6 Å². The molecular formula is C19H26N2O2. The molecule has 0 atom stereocenters. The maximum Gasteiger partial charge on any atom is 0.267 e. The largest absolute Gasteiger partial charge is 0.493 e. The number of hydrogen-bond donors (Lipinski definition) is 1. The number of nitrogens with two attached hydrogens (primary N) is 1. The van der Waals surface area contributed by atoms with Gasteiger partial charge in [0.2, 0.25) is 0 Å². The molecule has 1 amide bonds. The van der Waals surface area contributed by atoms with Gasteiger partial charge in [0.1, 0.15) is 11.4 Å². The zero-order chi connectivity index (χ0) is 17.4. The molecule has 124 valence electrons. The monoisotopic (exact) mass is 314 g/mol. The molecule has 0 aliphatic carbocycles. The second kappa shape index (κ2) is 6.19. The van der Waals surface area contributed by atoms with Crippen LogP contribution in [0.3, 0.4) is 0 Å². The first-order valence-corrected chi connectivity index (χ1v) is 7.98. The van der Waals surface area contributed by atoms with E-state index in [4.69, 9.17) is 10.5 Å². The Labute approximate surface area is 138 Å². The van der Waals surface area contributed by atoms with E-state index in [0.717, 1.165) is 27.8 Å². The number of pyridine rings is 1. The Morgan fingerprint density at radius 3 is 2.43 bits per heavy atom. The normalized spacial score (nSPS) is 12.0. The first-order valence-electron chi connectivity index (χ1n) is 7.98. The number of hydrogen-bond acceptors (Lipinski definition) is 3. The Morgan fingerprint density at radius 1 is 1.26 bits per heavy atom. The fraction of sp³-hybridized carbons (Fsp3) is 0.474. The van der Waals surface area contributed by atoms with Crippen LogP contribution in [0.25, 0.3) is 10.9 Å². The number of primary amides is 1. The van der Waals surface area contributed by atoms with Crippen LogP contribution in [0.2, 0.25) is 0 Å². The molecule has 23 heavy (non-hydrogen) atoms. The number of benzene rings is 1. The molecule has 0 saturated heterocycles. The van der Waals surface area contributed by atoms with Crippen molar-refractivity contribution in [2.45, 2.75) is 47.0 Å². The van der Waals surface area contributed by atoms with E-state index in [0.29, 0.717) is 18.2 Å². The average molecular weight is 314 g/mol. The SMILES string of the molecule is Cc1cc(C(N)=O)nc2c(C(C)(C)C)cc(OCC(C)C)cc12. The molecule has 0 bridgehead atoms. The minimum Gasteiger partial charge on any atom is -0.493 e. The first kappa shape index (κ1) is 17.3. The van der Waals surface area contributed by atoms with Crippen molar-refractivity contribution < 1.29 is 9.53 Å². The van der Waals surface area contributed by atoms with Crippen LogP contribution < -0.4 is 10.5 Å². The Balaban J connectivity index is 2.71. The molecule has 0 fully saturated rings. The number of aromatic nitrogens is 1. The predicted octanol–water partition coefficient (Wildman–Crippen LogP) is 3.97. The first-order chi connectivity index (χ1) is 10.6. The summed E-state index contributed by atoms with van der Waals surface area (Å²) in [6, 6.07) is 5.77. The lowest BCUT2D eigenvalue weighted by Gasteiger charge is -2.23. The lowest BCUT2D eigenvalue weighted by Crippen LogP contribution is -2.17. The molecule has 0 unspecified atom stereocenters. The Hall–Kier alpha value is -2.10. The fourth-order valence-corrected chi connectivity index (χ4v) is 2.51. The van der Waals surface area contributed by atoms with Gasteiger partial charge in [-0.3, -0.25) is 4.79 Å². The van der Waals surface area contributed by atoms with Gasteiger partial charge in [0.25, 0.3) is 5.91 Å². The van der Waals surface area contributed by atoms with Crippen molar-refractivity contribution >= 4 is 16.8 Å². The van der Waals surface area contributed by atoms with Gasteiger partial charge < -0.3 is 10.5 Å². The van der Waals surface area contributed by atoms with E-state index in [2.05, 4.69) is 39.6 Å². The molecule has 2 rings (SSSR count). The molecule has 1 aromatic carbocycles. The number of aryl methyl sites for hydroxylation is 1. The van der Waals surface area contributed by atoms with Crippen LogP contribution in [0, 0.1) is 12.8 Å². The van der Waals surface area contributed by atoms with E-state index in [1.165, 1.54) is 0 Å². The smallest absolute Gasteiger partial charge is 0.267 e. The summed E-state index contributed by atoms with van der Waals surface area (Å²) in [5.74, 6) is 0.795. The van der Waals surface area contributed by atoms with E-state index in [1.807, 2.05) is 19.1 Å². The molecule has 0 saturated carbocycles. The number of fused-ring (bicyclic) bond motifs is 1. The lowest BCUT2D eigenvalue weighted by atomic mass is 9.84. The Morgan fingerprint density at radius 2 is 1.91 bits per heavy atom. The van der Waals surface area contributed by atoms with Crippen LogP contribution >= 0.6 is 0 Å². The summed E-state index contributed by atoms with van der Waals surface area (Å²) in [6.45, 7) is 13.3. The van der Waals surface area contributed by atoms with Crippen molar-refractivity contribution in [3.05, 3.63) is 35.0 Å². The molecule has 0 spiro atoms. The Bertz CT molecular complexity index is 743.